The first-order valence-electron chi connectivity index (χ1n) is 11.1. The molecule has 5 nitrogen and oxygen atoms in total. The smallest absolute Gasteiger partial charge is 0.195 e. The molecule has 1 aliphatic heterocycles. The van der Waals surface area contributed by atoms with E-state index in [0.717, 1.165) is 63.8 Å². The molecule has 0 amide bonds. The van der Waals surface area contributed by atoms with Gasteiger partial charge in [0, 0.05) is 51.2 Å². The maximum atomic E-state index is 13.7. The van der Waals surface area contributed by atoms with Crippen LogP contribution in [0.4, 0.5) is 5.69 Å². The molecule has 0 saturated carbocycles. The molecule has 0 unspecified atom stereocenters. The van der Waals surface area contributed by atoms with Gasteiger partial charge in [0.15, 0.2) is 5.78 Å². The third-order valence-electron chi connectivity index (χ3n) is 7.32. The van der Waals surface area contributed by atoms with Crippen LogP contribution in [0, 0.1) is 11.3 Å². The Hall–Kier alpha value is -2.62. The topological polar surface area (TPSA) is 63.1 Å². The fourth-order valence-corrected chi connectivity index (χ4v) is 5.77. The zero-order valence-electron chi connectivity index (χ0n) is 18.9. The SMILES string of the molecule is CN(C)C1CCN(c2cc3c(cc2C#N)C(=O)c2c([nH]c4cc(Br)ccc24)C3(C)C)CC1. The summed E-state index contributed by atoms with van der Waals surface area (Å²) in [5, 5.41) is 10.9. The van der Waals surface area contributed by atoms with Crippen LogP contribution in [0.1, 0.15) is 59.4 Å². The fourth-order valence-electron chi connectivity index (χ4n) is 5.41. The number of rotatable bonds is 2. The van der Waals surface area contributed by atoms with Gasteiger partial charge in [-0.3, -0.25) is 4.79 Å². The number of benzene rings is 2. The summed E-state index contributed by atoms with van der Waals surface area (Å²) in [6.45, 7) is 6.15. The Morgan fingerprint density at radius 1 is 1.19 bits per heavy atom. The molecule has 1 aromatic heterocycles. The Labute approximate surface area is 197 Å². The summed E-state index contributed by atoms with van der Waals surface area (Å²) in [7, 11) is 4.26. The van der Waals surface area contributed by atoms with Gasteiger partial charge in [-0.2, -0.15) is 5.26 Å². The largest absolute Gasteiger partial charge is 0.370 e. The molecule has 0 spiro atoms. The lowest BCUT2D eigenvalue weighted by atomic mass is 9.70. The number of aromatic amines is 1. The summed E-state index contributed by atoms with van der Waals surface area (Å²) in [5.41, 5.74) is 5.42. The van der Waals surface area contributed by atoms with Crippen LogP contribution in [0.25, 0.3) is 10.9 Å². The number of hydrogen-bond acceptors (Lipinski definition) is 4. The van der Waals surface area contributed by atoms with Gasteiger partial charge in [0.25, 0.3) is 0 Å². The third-order valence-corrected chi connectivity index (χ3v) is 7.82. The molecule has 1 saturated heterocycles. The molecule has 32 heavy (non-hydrogen) atoms. The number of carbonyl (C=O) groups is 1. The predicted molar refractivity (Wildman–Crippen MR) is 132 cm³/mol. The van der Waals surface area contributed by atoms with Crippen molar-refractivity contribution in [2.24, 2.45) is 0 Å². The highest BCUT2D eigenvalue weighted by molar-refractivity contribution is 9.10. The molecule has 1 aliphatic carbocycles. The van der Waals surface area contributed by atoms with E-state index in [4.69, 9.17) is 0 Å². The number of piperidine rings is 1. The quantitative estimate of drug-likeness (QED) is 0.535. The van der Waals surface area contributed by atoms with Crippen LogP contribution in [0.5, 0.6) is 0 Å². The zero-order chi connectivity index (χ0) is 22.8. The van der Waals surface area contributed by atoms with Crippen molar-refractivity contribution in [3.63, 3.8) is 0 Å². The van der Waals surface area contributed by atoms with Crippen molar-refractivity contribution in [1.82, 2.24) is 9.88 Å². The van der Waals surface area contributed by atoms with E-state index >= 15 is 0 Å². The van der Waals surface area contributed by atoms with Gasteiger partial charge in [0.2, 0.25) is 0 Å². The number of nitrogens with zero attached hydrogens (tertiary/aromatic N) is 3. The lowest BCUT2D eigenvalue weighted by Gasteiger charge is -2.38. The Kier molecular flexibility index (Phi) is 4.96. The van der Waals surface area contributed by atoms with Crippen LogP contribution >= 0.6 is 15.9 Å². The van der Waals surface area contributed by atoms with E-state index in [1.54, 1.807) is 0 Å². The van der Waals surface area contributed by atoms with Crippen molar-refractivity contribution >= 4 is 38.3 Å². The predicted octanol–water partition coefficient (Wildman–Crippen LogP) is 5.20. The summed E-state index contributed by atoms with van der Waals surface area (Å²) in [5.74, 6) is -0.00253. The number of H-pyrrole nitrogens is 1. The molecule has 1 fully saturated rings. The first-order chi connectivity index (χ1) is 15.2. The highest BCUT2D eigenvalue weighted by Crippen LogP contribution is 2.46. The minimum Gasteiger partial charge on any atom is -0.370 e. The van der Waals surface area contributed by atoms with Crippen molar-refractivity contribution in [3.05, 3.63) is 62.8 Å². The molecular weight excluding hydrogens is 464 g/mol. The Morgan fingerprint density at radius 2 is 1.91 bits per heavy atom. The van der Waals surface area contributed by atoms with Gasteiger partial charge < -0.3 is 14.8 Å². The fraction of sp³-hybridized carbons (Fsp3) is 0.385. The van der Waals surface area contributed by atoms with Crippen LogP contribution in [-0.2, 0) is 5.41 Å². The second-order valence-corrected chi connectivity index (χ2v) is 10.6. The number of ketones is 1. The second kappa shape index (κ2) is 7.47. The van der Waals surface area contributed by atoms with Gasteiger partial charge in [-0.05, 0) is 56.8 Å². The lowest BCUT2D eigenvalue weighted by Crippen LogP contribution is -2.42. The Morgan fingerprint density at radius 3 is 2.56 bits per heavy atom. The van der Waals surface area contributed by atoms with Crippen molar-refractivity contribution in [1.29, 1.82) is 5.26 Å². The molecule has 2 aromatic carbocycles. The normalized spacial score (nSPS) is 18.0. The number of fused-ring (bicyclic) bond motifs is 4. The zero-order valence-corrected chi connectivity index (χ0v) is 20.5. The third kappa shape index (κ3) is 3.10. The molecular formula is C26H27BrN4O. The van der Waals surface area contributed by atoms with E-state index in [-0.39, 0.29) is 11.2 Å². The van der Waals surface area contributed by atoms with E-state index in [0.29, 0.717) is 17.2 Å². The van der Waals surface area contributed by atoms with Crippen LogP contribution in [-0.4, -0.2) is 48.9 Å². The number of carbonyl (C=O) groups excluding carboxylic acids is 1. The minimum absolute atomic E-state index is 0.00253. The molecule has 6 heteroatoms. The van der Waals surface area contributed by atoms with E-state index < -0.39 is 0 Å². The summed E-state index contributed by atoms with van der Waals surface area (Å²) in [6, 6.07) is 12.8. The number of anilines is 1. The van der Waals surface area contributed by atoms with E-state index in [2.05, 4.69) is 70.8 Å². The second-order valence-electron chi connectivity index (χ2n) is 9.73. The van der Waals surface area contributed by atoms with Gasteiger partial charge in [-0.1, -0.05) is 35.8 Å². The molecule has 0 bridgehead atoms. The molecule has 0 radical (unpaired) electrons. The van der Waals surface area contributed by atoms with E-state index in [1.807, 2.05) is 24.3 Å². The number of hydrogen-bond donors (Lipinski definition) is 1. The number of halogens is 1. The summed E-state index contributed by atoms with van der Waals surface area (Å²) in [6.07, 6.45) is 2.14. The van der Waals surface area contributed by atoms with E-state index in [9.17, 15) is 10.1 Å². The van der Waals surface area contributed by atoms with Gasteiger partial charge in [0.1, 0.15) is 6.07 Å². The molecule has 5 rings (SSSR count). The average molecular weight is 491 g/mol. The molecule has 2 heterocycles. The van der Waals surface area contributed by atoms with Gasteiger partial charge in [-0.15, -0.1) is 0 Å². The summed E-state index contributed by atoms with van der Waals surface area (Å²) >= 11 is 3.53. The maximum Gasteiger partial charge on any atom is 0.195 e. The van der Waals surface area contributed by atoms with Crippen molar-refractivity contribution in [2.75, 3.05) is 32.1 Å². The average Bonchev–Trinajstić information content (AvgIpc) is 3.16. The van der Waals surface area contributed by atoms with Crippen molar-refractivity contribution < 1.29 is 4.79 Å². The van der Waals surface area contributed by atoms with Crippen LogP contribution in [0.15, 0.2) is 34.8 Å². The Balaban J connectivity index is 1.64. The standard InChI is InChI=1S/C26H27BrN4O/c1-26(2)20-13-22(31-9-7-17(8-10-31)30(3)4)15(14-28)11-19(20)24(32)23-18-6-5-16(27)12-21(18)29-25(23)26/h5-6,11-13,17,29H,7-10H2,1-4H3. The monoisotopic (exact) mass is 490 g/mol. The minimum atomic E-state index is -0.380. The van der Waals surface area contributed by atoms with Crippen LogP contribution < -0.4 is 4.90 Å². The first kappa shape index (κ1) is 21.2. The lowest BCUT2D eigenvalue weighted by molar-refractivity contribution is 0.103. The first-order valence-corrected chi connectivity index (χ1v) is 11.9. The van der Waals surface area contributed by atoms with Gasteiger partial charge >= 0.3 is 0 Å². The van der Waals surface area contributed by atoms with Crippen molar-refractivity contribution in [3.8, 4) is 6.07 Å². The molecule has 1 N–H and O–H groups in total. The molecule has 164 valence electrons. The number of nitrogens with one attached hydrogen (secondary N) is 1. The van der Waals surface area contributed by atoms with Crippen LogP contribution in [0.3, 0.4) is 0 Å². The van der Waals surface area contributed by atoms with E-state index in [1.165, 1.54) is 0 Å². The Bertz CT molecular complexity index is 1290. The highest BCUT2D eigenvalue weighted by Gasteiger charge is 2.40. The molecule has 2 aliphatic rings. The summed E-state index contributed by atoms with van der Waals surface area (Å²) < 4.78 is 0.974. The maximum absolute atomic E-state index is 13.7. The highest BCUT2D eigenvalue weighted by atomic mass is 79.9. The van der Waals surface area contributed by atoms with Gasteiger partial charge in [0.05, 0.1) is 16.8 Å². The summed E-state index contributed by atoms with van der Waals surface area (Å²) in [4.78, 5) is 21.8. The van der Waals surface area contributed by atoms with Crippen molar-refractivity contribution in [2.45, 2.75) is 38.1 Å². The molecule has 0 atom stereocenters. The number of aromatic nitrogens is 1. The van der Waals surface area contributed by atoms with Crippen LogP contribution in [0.2, 0.25) is 0 Å². The van der Waals surface area contributed by atoms with Gasteiger partial charge in [-0.25, -0.2) is 0 Å². The molecule has 3 aromatic rings. The number of nitriles is 1.